The minimum atomic E-state index is -0.0187. The first-order valence-corrected chi connectivity index (χ1v) is 4.48. The molecule has 1 N–H and O–H groups in total. The standard InChI is InChI=1S/C7H4BrClN2O/c8-5-6-3(1-4(12)11-6)2-10-7(5)9/h2H,1H2,(H,11,12). The van der Waals surface area contributed by atoms with Gasteiger partial charge in [0.2, 0.25) is 5.91 Å². The Kier molecular flexibility index (Phi) is 1.81. The van der Waals surface area contributed by atoms with E-state index in [0.717, 1.165) is 11.3 Å². The fraction of sp³-hybridized carbons (Fsp3) is 0.143. The van der Waals surface area contributed by atoms with Gasteiger partial charge < -0.3 is 5.32 Å². The molecule has 0 saturated carbocycles. The molecule has 0 radical (unpaired) electrons. The summed E-state index contributed by atoms with van der Waals surface area (Å²) in [7, 11) is 0. The lowest BCUT2D eigenvalue weighted by Gasteiger charge is -2.01. The lowest BCUT2D eigenvalue weighted by Crippen LogP contribution is -2.03. The van der Waals surface area contributed by atoms with Gasteiger partial charge in [0.15, 0.2) is 0 Å². The average molecular weight is 247 g/mol. The van der Waals surface area contributed by atoms with Crippen LogP contribution in [0.4, 0.5) is 5.69 Å². The molecule has 0 fully saturated rings. The summed E-state index contributed by atoms with van der Waals surface area (Å²) in [6.07, 6.45) is 2.00. The summed E-state index contributed by atoms with van der Waals surface area (Å²) in [5, 5.41) is 3.07. The van der Waals surface area contributed by atoms with Gasteiger partial charge in [-0.25, -0.2) is 4.98 Å². The second kappa shape index (κ2) is 2.71. The van der Waals surface area contributed by atoms with Crippen LogP contribution in [0, 0.1) is 0 Å². The maximum absolute atomic E-state index is 11.0. The molecule has 5 heteroatoms. The van der Waals surface area contributed by atoms with Crippen molar-refractivity contribution in [2.75, 3.05) is 5.32 Å². The molecule has 0 spiro atoms. The predicted molar refractivity (Wildman–Crippen MR) is 49.3 cm³/mol. The third-order valence-electron chi connectivity index (χ3n) is 1.67. The average Bonchev–Trinajstić information content (AvgIpc) is 2.39. The molecule has 62 valence electrons. The van der Waals surface area contributed by atoms with Crippen molar-refractivity contribution in [3.05, 3.63) is 21.4 Å². The number of hydrogen-bond donors (Lipinski definition) is 1. The van der Waals surface area contributed by atoms with Crippen molar-refractivity contribution >= 4 is 39.1 Å². The Morgan fingerprint density at radius 2 is 2.42 bits per heavy atom. The Hall–Kier alpha value is -0.610. The molecule has 1 aliphatic rings. The van der Waals surface area contributed by atoms with Crippen LogP contribution in [0.3, 0.4) is 0 Å². The minimum absolute atomic E-state index is 0.0187. The Balaban J connectivity index is 2.61. The molecular formula is C7H4BrClN2O. The fourth-order valence-electron chi connectivity index (χ4n) is 1.13. The molecule has 1 aromatic heterocycles. The predicted octanol–water partition coefficient (Wildman–Crippen LogP) is 1.99. The number of anilines is 1. The molecule has 1 aliphatic heterocycles. The third kappa shape index (κ3) is 1.11. The van der Waals surface area contributed by atoms with Gasteiger partial charge in [-0.3, -0.25) is 4.79 Å². The summed E-state index contributed by atoms with van der Waals surface area (Å²) in [5.74, 6) is -0.0187. The number of fused-ring (bicyclic) bond motifs is 1. The van der Waals surface area contributed by atoms with E-state index in [0.29, 0.717) is 16.0 Å². The second-order valence-corrected chi connectivity index (χ2v) is 3.64. The van der Waals surface area contributed by atoms with E-state index >= 15 is 0 Å². The SMILES string of the molecule is O=C1Cc2cnc(Cl)c(Br)c2N1. The van der Waals surface area contributed by atoms with Crippen LogP contribution in [0.1, 0.15) is 5.56 Å². The normalized spacial score (nSPS) is 14.3. The number of nitrogens with zero attached hydrogens (tertiary/aromatic N) is 1. The van der Waals surface area contributed by atoms with Crippen molar-refractivity contribution in [1.82, 2.24) is 4.98 Å². The van der Waals surface area contributed by atoms with E-state index in [1.54, 1.807) is 6.20 Å². The number of rotatable bonds is 0. The Morgan fingerprint density at radius 3 is 3.17 bits per heavy atom. The molecule has 0 bridgehead atoms. The molecule has 0 atom stereocenters. The molecule has 2 rings (SSSR count). The van der Waals surface area contributed by atoms with Crippen molar-refractivity contribution in [3.63, 3.8) is 0 Å². The zero-order valence-corrected chi connectivity index (χ0v) is 8.24. The zero-order valence-electron chi connectivity index (χ0n) is 5.90. The van der Waals surface area contributed by atoms with Crippen molar-refractivity contribution in [1.29, 1.82) is 0 Å². The molecular weight excluding hydrogens is 243 g/mol. The first-order valence-electron chi connectivity index (χ1n) is 3.31. The molecule has 3 nitrogen and oxygen atoms in total. The molecule has 0 aromatic carbocycles. The summed E-state index contributed by atoms with van der Waals surface area (Å²) in [6.45, 7) is 0. The number of halogens is 2. The molecule has 1 amide bonds. The van der Waals surface area contributed by atoms with Gasteiger partial charge in [0.1, 0.15) is 5.15 Å². The largest absolute Gasteiger partial charge is 0.324 e. The van der Waals surface area contributed by atoms with Crippen molar-refractivity contribution in [2.45, 2.75) is 6.42 Å². The number of carbonyl (C=O) groups excluding carboxylic acids is 1. The summed E-state index contributed by atoms with van der Waals surface area (Å²) < 4.78 is 0.660. The fourth-order valence-corrected chi connectivity index (χ4v) is 1.73. The quantitative estimate of drug-likeness (QED) is 0.713. The highest BCUT2D eigenvalue weighted by atomic mass is 79.9. The topological polar surface area (TPSA) is 42.0 Å². The van der Waals surface area contributed by atoms with E-state index in [2.05, 4.69) is 26.2 Å². The van der Waals surface area contributed by atoms with Crippen LogP contribution in [0.25, 0.3) is 0 Å². The van der Waals surface area contributed by atoms with E-state index in [4.69, 9.17) is 11.6 Å². The van der Waals surface area contributed by atoms with E-state index in [1.165, 1.54) is 0 Å². The molecule has 12 heavy (non-hydrogen) atoms. The molecule has 0 aliphatic carbocycles. The summed E-state index contributed by atoms with van der Waals surface area (Å²) in [5.41, 5.74) is 1.64. The van der Waals surface area contributed by atoms with Crippen molar-refractivity contribution in [3.8, 4) is 0 Å². The minimum Gasteiger partial charge on any atom is -0.324 e. The highest BCUT2D eigenvalue weighted by Gasteiger charge is 2.21. The highest BCUT2D eigenvalue weighted by Crippen LogP contribution is 2.34. The van der Waals surface area contributed by atoms with Gasteiger partial charge in [-0.1, -0.05) is 11.6 Å². The summed E-state index contributed by atoms with van der Waals surface area (Å²) >= 11 is 8.98. The zero-order chi connectivity index (χ0) is 8.72. The Labute approximate surface area is 82.3 Å². The summed E-state index contributed by atoms with van der Waals surface area (Å²) in [4.78, 5) is 14.9. The van der Waals surface area contributed by atoms with Crippen LogP contribution >= 0.6 is 27.5 Å². The van der Waals surface area contributed by atoms with Gasteiger partial charge >= 0.3 is 0 Å². The number of nitrogens with one attached hydrogen (secondary N) is 1. The third-order valence-corrected chi connectivity index (χ3v) is 2.96. The van der Waals surface area contributed by atoms with Crippen molar-refractivity contribution in [2.24, 2.45) is 0 Å². The van der Waals surface area contributed by atoms with E-state index < -0.39 is 0 Å². The Morgan fingerprint density at radius 1 is 1.67 bits per heavy atom. The van der Waals surface area contributed by atoms with Gasteiger partial charge in [0, 0.05) is 11.8 Å². The van der Waals surface area contributed by atoms with Crippen LogP contribution in [0.5, 0.6) is 0 Å². The maximum atomic E-state index is 11.0. The van der Waals surface area contributed by atoms with Gasteiger partial charge in [0.05, 0.1) is 16.6 Å². The number of carbonyl (C=O) groups is 1. The number of aromatic nitrogens is 1. The van der Waals surface area contributed by atoms with Gasteiger partial charge in [-0.2, -0.15) is 0 Å². The molecule has 0 unspecified atom stereocenters. The first-order chi connectivity index (χ1) is 5.68. The Bertz CT molecular complexity index is 367. The molecule has 0 saturated heterocycles. The van der Waals surface area contributed by atoms with Crippen LogP contribution < -0.4 is 5.32 Å². The number of pyridine rings is 1. The van der Waals surface area contributed by atoms with Gasteiger partial charge in [-0.05, 0) is 15.9 Å². The molecule has 2 heterocycles. The maximum Gasteiger partial charge on any atom is 0.228 e. The van der Waals surface area contributed by atoms with E-state index in [9.17, 15) is 4.79 Å². The smallest absolute Gasteiger partial charge is 0.228 e. The molecule has 1 aromatic rings. The van der Waals surface area contributed by atoms with Gasteiger partial charge in [-0.15, -0.1) is 0 Å². The van der Waals surface area contributed by atoms with Crippen LogP contribution in [0.15, 0.2) is 10.7 Å². The lowest BCUT2D eigenvalue weighted by atomic mass is 10.2. The van der Waals surface area contributed by atoms with Crippen LogP contribution in [0.2, 0.25) is 5.15 Å². The first kappa shape index (κ1) is 8.01. The van der Waals surface area contributed by atoms with Crippen LogP contribution in [-0.2, 0) is 11.2 Å². The monoisotopic (exact) mass is 246 g/mol. The lowest BCUT2D eigenvalue weighted by molar-refractivity contribution is -0.115. The second-order valence-electron chi connectivity index (χ2n) is 2.49. The van der Waals surface area contributed by atoms with E-state index in [-0.39, 0.29) is 5.91 Å². The van der Waals surface area contributed by atoms with Gasteiger partial charge in [0.25, 0.3) is 0 Å². The highest BCUT2D eigenvalue weighted by molar-refractivity contribution is 9.10. The number of hydrogen-bond acceptors (Lipinski definition) is 2. The summed E-state index contributed by atoms with van der Waals surface area (Å²) in [6, 6.07) is 0. The number of amides is 1. The van der Waals surface area contributed by atoms with E-state index in [1.807, 2.05) is 0 Å². The van der Waals surface area contributed by atoms with Crippen molar-refractivity contribution < 1.29 is 4.79 Å². The van der Waals surface area contributed by atoms with Crippen LogP contribution in [-0.4, -0.2) is 10.9 Å².